The summed E-state index contributed by atoms with van der Waals surface area (Å²) in [6, 6.07) is 12.8. The Morgan fingerprint density at radius 3 is 2.57 bits per heavy atom. The molecule has 0 saturated heterocycles. The van der Waals surface area contributed by atoms with Crippen molar-refractivity contribution in [3.8, 4) is 0 Å². The maximum Gasteiger partial charge on any atom is 0.273 e. The zero-order valence-corrected chi connectivity index (χ0v) is 15.8. The van der Waals surface area contributed by atoms with Crippen molar-refractivity contribution in [3.63, 3.8) is 0 Å². The number of hydrogen-bond acceptors (Lipinski definition) is 3. The number of carbonyl (C=O) groups is 1. The molecule has 0 bridgehead atoms. The number of aromatic amines is 1. The number of H-pyrrole nitrogens is 1. The number of aryl methyl sites for hydroxylation is 2. The maximum atomic E-state index is 12.5. The molecule has 1 atom stereocenters. The molecule has 144 valence electrons. The summed E-state index contributed by atoms with van der Waals surface area (Å²) in [5.41, 5.74) is 3.04. The average molecular weight is 377 g/mol. The lowest BCUT2D eigenvalue weighted by Crippen LogP contribution is -2.37. The second-order valence-electron chi connectivity index (χ2n) is 7.40. The maximum absolute atomic E-state index is 12.5. The molecular formula is C22H23N3O3. The Hall–Kier alpha value is -3.15. The van der Waals surface area contributed by atoms with E-state index < -0.39 is 0 Å². The van der Waals surface area contributed by atoms with Crippen LogP contribution in [0.2, 0.25) is 0 Å². The second-order valence-corrected chi connectivity index (χ2v) is 7.40. The van der Waals surface area contributed by atoms with E-state index in [0.29, 0.717) is 10.8 Å². The lowest BCUT2D eigenvalue weighted by Gasteiger charge is -2.20. The van der Waals surface area contributed by atoms with Crippen LogP contribution in [0, 0.1) is 0 Å². The van der Waals surface area contributed by atoms with Crippen molar-refractivity contribution in [1.29, 1.82) is 0 Å². The van der Waals surface area contributed by atoms with Gasteiger partial charge in [-0.05, 0) is 61.4 Å². The monoisotopic (exact) mass is 377 g/mol. The van der Waals surface area contributed by atoms with Crippen molar-refractivity contribution >= 4 is 16.7 Å². The highest BCUT2D eigenvalue weighted by Crippen LogP contribution is 2.24. The molecule has 28 heavy (non-hydrogen) atoms. The van der Waals surface area contributed by atoms with Crippen LogP contribution in [0.3, 0.4) is 0 Å². The standard InChI is InChI=1S/C22H23N3O3/c1-14(16-11-10-15-6-2-3-7-17(15)12-16)23-20(26)13-25-22(28)19-9-5-4-8-18(19)21(27)24-25/h4-5,8-12,14H,2-3,6-7,13H2,1H3,(H,23,26)(H,24,27)/t14-/m1/s1. The van der Waals surface area contributed by atoms with E-state index in [1.54, 1.807) is 24.3 Å². The quantitative estimate of drug-likeness (QED) is 0.732. The van der Waals surface area contributed by atoms with Gasteiger partial charge in [0.25, 0.3) is 11.1 Å². The molecule has 0 unspecified atom stereocenters. The molecule has 6 heteroatoms. The van der Waals surface area contributed by atoms with Crippen LogP contribution in [-0.4, -0.2) is 15.7 Å². The van der Waals surface area contributed by atoms with Crippen molar-refractivity contribution in [2.24, 2.45) is 0 Å². The Labute approximate surface area is 162 Å². The zero-order valence-electron chi connectivity index (χ0n) is 15.8. The van der Waals surface area contributed by atoms with Gasteiger partial charge in [0.1, 0.15) is 6.54 Å². The molecular weight excluding hydrogens is 354 g/mol. The Morgan fingerprint density at radius 1 is 1.07 bits per heavy atom. The number of benzene rings is 2. The number of hydrogen-bond donors (Lipinski definition) is 2. The van der Waals surface area contributed by atoms with Crippen molar-refractivity contribution in [3.05, 3.63) is 79.9 Å². The minimum absolute atomic E-state index is 0.178. The summed E-state index contributed by atoms with van der Waals surface area (Å²) in [5.74, 6) is -0.321. The van der Waals surface area contributed by atoms with Crippen molar-refractivity contribution in [1.82, 2.24) is 15.1 Å². The second kappa shape index (κ2) is 7.46. The van der Waals surface area contributed by atoms with E-state index in [-0.39, 0.29) is 29.6 Å². The smallest absolute Gasteiger partial charge is 0.273 e. The highest BCUT2D eigenvalue weighted by atomic mass is 16.2. The van der Waals surface area contributed by atoms with E-state index in [0.717, 1.165) is 23.1 Å². The van der Waals surface area contributed by atoms with Crippen LogP contribution >= 0.6 is 0 Å². The van der Waals surface area contributed by atoms with E-state index in [9.17, 15) is 14.4 Å². The number of nitrogens with zero attached hydrogens (tertiary/aromatic N) is 1. The third-order valence-corrected chi connectivity index (χ3v) is 5.44. The summed E-state index contributed by atoms with van der Waals surface area (Å²) in [6.07, 6.45) is 4.64. The molecule has 1 amide bonds. The van der Waals surface area contributed by atoms with Gasteiger partial charge in [0.05, 0.1) is 16.8 Å². The molecule has 1 aromatic heterocycles. The minimum Gasteiger partial charge on any atom is -0.348 e. The lowest BCUT2D eigenvalue weighted by molar-refractivity contribution is -0.122. The molecule has 0 radical (unpaired) electrons. The third-order valence-electron chi connectivity index (χ3n) is 5.44. The first kappa shape index (κ1) is 18.2. The lowest BCUT2D eigenvalue weighted by atomic mass is 9.89. The number of amides is 1. The van der Waals surface area contributed by atoms with Gasteiger partial charge < -0.3 is 5.32 Å². The van der Waals surface area contributed by atoms with Gasteiger partial charge in [-0.2, -0.15) is 0 Å². The fourth-order valence-electron chi connectivity index (χ4n) is 3.89. The van der Waals surface area contributed by atoms with Crippen LogP contribution in [0.5, 0.6) is 0 Å². The van der Waals surface area contributed by atoms with Crippen molar-refractivity contribution in [2.75, 3.05) is 0 Å². The highest BCUT2D eigenvalue weighted by Gasteiger charge is 2.15. The van der Waals surface area contributed by atoms with Crippen LogP contribution in [0.25, 0.3) is 10.8 Å². The fraction of sp³-hybridized carbons (Fsp3) is 0.318. The number of aromatic nitrogens is 2. The Kier molecular flexibility index (Phi) is 4.86. The highest BCUT2D eigenvalue weighted by molar-refractivity contribution is 5.81. The number of fused-ring (bicyclic) bond motifs is 2. The molecule has 1 heterocycles. The molecule has 0 aliphatic heterocycles. The molecule has 2 aromatic carbocycles. The molecule has 6 nitrogen and oxygen atoms in total. The fourth-order valence-corrected chi connectivity index (χ4v) is 3.89. The molecule has 1 aliphatic rings. The molecule has 4 rings (SSSR count). The summed E-state index contributed by atoms with van der Waals surface area (Å²) < 4.78 is 1.07. The van der Waals surface area contributed by atoms with E-state index >= 15 is 0 Å². The Morgan fingerprint density at radius 2 is 1.79 bits per heavy atom. The van der Waals surface area contributed by atoms with E-state index in [1.807, 2.05) is 6.92 Å². The topological polar surface area (TPSA) is 84.0 Å². The summed E-state index contributed by atoms with van der Waals surface area (Å²) in [5, 5.41) is 6.05. The van der Waals surface area contributed by atoms with Crippen LogP contribution in [0.1, 0.15) is 42.5 Å². The first-order valence-electron chi connectivity index (χ1n) is 9.66. The normalized spacial score (nSPS) is 14.5. The molecule has 1 aliphatic carbocycles. The van der Waals surface area contributed by atoms with E-state index in [2.05, 4.69) is 28.6 Å². The first-order chi connectivity index (χ1) is 13.5. The Balaban J connectivity index is 1.52. The summed E-state index contributed by atoms with van der Waals surface area (Å²) in [6.45, 7) is 1.70. The molecule has 0 saturated carbocycles. The van der Waals surface area contributed by atoms with Gasteiger partial charge in [-0.15, -0.1) is 0 Å². The van der Waals surface area contributed by atoms with Gasteiger partial charge in [-0.3, -0.25) is 19.5 Å². The van der Waals surface area contributed by atoms with Crippen molar-refractivity contribution in [2.45, 2.75) is 45.2 Å². The van der Waals surface area contributed by atoms with Crippen LogP contribution in [-0.2, 0) is 24.2 Å². The molecule has 2 N–H and O–H groups in total. The minimum atomic E-state index is -0.384. The summed E-state index contributed by atoms with van der Waals surface area (Å²) in [7, 11) is 0. The van der Waals surface area contributed by atoms with E-state index in [4.69, 9.17) is 0 Å². The van der Waals surface area contributed by atoms with Gasteiger partial charge in [-0.1, -0.05) is 30.3 Å². The summed E-state index contributed by atoms with van der Waals surface area (Å²) in [4.78, 5) is 37.2. The van der Waals surface area contributed by atoms with Gasteiger partial charge >= 0.3 is 0 Å². The van der Waals surface area contributed by atoms with E-state index in [1.165, 1.54) is 24.0 Å². The molecule has 3 aromatic rings. The van der Waals surface area contributed by atoms with Crippen LogP contribution in [0.4, 0.5) is 0 Å². The number of nitrogens with one attached hydrogen (secondary N) is 2. The van der Waals surface area contributed by atoms with Crippen LogP contribution in [0.15, 0.2) is 52.1 Å². The van der Waals surface area contributed by atoms with Gasteiger partial charge in [0, 0.05) is 0 Å². The number of rotatable bonds is 4. The predicted octanol–water partition coefficient (Wildman–Crippen LogP) is 2.45. The molecule has 0 spiro atoms. The first-order valence-corrected chi connectivity index (χ1v) is 9.66. The van der Waals surface area contributed by atoms with Gasteiger partial charge in [-0.25, -0.2) is 4.68 Å². The third kappa shape index (κ3) is 3.50. The Bertz CT molecular complexity index is 1160. The van der Waals surface area contributed by atoms with Crippen molar-refractivity contribution < 1.29 is 4.79 Å². The number of carbonyl (C=O) groups excluding carboxylic acids is 1. The van der Waals surface area contributed by atoms with Crippen LogP contribution < -0.4 is 16.4 Å². The van der Waals surface area contributed by atoms with Gasteiger partial charge in [0.2, 0.25) is 5.91 Å². The SMILES string of the molecule is C[C@@H](NC(=O)Cn1[nH]c(=O)c2ccccc2c1=O)c1ccc2c(c1)CCCC2. The largest absolute Gasteiger partial charge is 0.348 e. The predicted molar refractivity (Wildman–Crippen MR) is 108 cm³/mol. The zero-order chi connectivity index (χ0) is 19.7. The average Bonchev–Trinajstić information content (AvgIpc) is 2.71. The molecule has 0 fully saturated rings. The summed E-state index contributed by atoms with van der Waals surface area (Å²) >= 11 is 0. The van der Waals surface area contributed by atoms with Gasteiger partial charge in [0.15, 0.2) is 0 Å².